The number of allylic oxidation sites excluding steroid dienone is 4. The Morgan fingerprint density at radius 3 is 1.96 bits per heavy atom. The van der Waals surface area contributed by atoms with Crippen molar-refractivity contribution in [3.8, 4) is 39.3 Å². The highest BCUT2D eigenvalue weighted by molar-refractivity contribution is 7.25. The Morgan fingerprint density at radius 1 is 0.560 bits per heavy atom. The lowest BCUT2D eigenvalue weighted by Gasteiger charge is -2.11. The molecule has 0 radical (unpaired) electrons. The highest BCUT2D eigenvalue weighted by atomic mass is 32.1. The van der Waals surface area contributed by atoms with Crippen LogP contribution in [0, 0.1) is 0 Å². The van der Waals surface area contributed by atoms with Crippen LogP contribution in [0.25, 0.3) is 87.0 Å². The maximum absolute atomic E-state index is 5.17. The quantitative estimate of drug-likeness (QED) is 0.160. The number of nitrogens with zero attached hydrogens (tertiary/aromatic N) is 3. The van der Waals surface area contributed by atoms with E-state index in [4.69, 9.17) is 9.97 Å². The van der Waals surface area contributed by atoms with Gasteiger partial charge in [-0.1, -0.05) is 128 Å². The summed E-state index contributed by atoms with van der Waals surface area (Å²) in [6.45, 7) is 8.02. The van der Waals surface area contributed by atoms with Crippen molar-refractivity contribution in [2.45, 2.75) is 0 Å². The number of benzene rings is 6. The van der Waals surface area contributed by atoms with E-state index >= 15 is 0 Å². The normalized spacial score (nSPS) is 11.9. The molecule has 9 aromatic rings. The molecule has 0 aliphatic rings. The van der Waals surface area contributed by atoms with Gasteiger partial charge in [-0.15, -0.1) is 11.3 Å². The Morgan fingerprint density at radius 2 is 1.20 bits per heavy atom. The molecule has 0 spiro atoms. The zero-order valence-electron chi connectivity index (χ0n) is 27.3. The van der Waals surface area contributed by atoms with E-state index in [9.17, 15) is 0 Å². The third-order valence-electron chi connectivity index (χ3n) is 9.37. The van der Waals surface area contributed by atoms with Gasteiger partial charge in [-0.25, -0.2) is 9.97 Å². The fourth-order valence-electron chi connectivity index (χ4n) is 7.06. The molecule has 0 saturated heterocycles. The first-order valence-electron chi connectivity index (χ1n) is 16.6. The second-order valence-electron chi connectivity index (χ2n) is 12.3. The highest BCUT2D eigenvalue weighted by Crippen LogP contribution is 2.39. The fourth-order valence-corrected chi connectivity index (χ4v) is 8.13. The first-order chi connectivity index (χ1) is 24.7. The molecule has 0 atom stereocenters. The zero-order valence-corrected chi connectivity index (χ0v) is 28.1. The van der Waals surface area contributed by atoms with Gasteiger partial charge >= 0.3 is 0 Å². The van der Waals surface area contributed by atoms with E-state index in [1.165, 1.54) is 37.6 Å². The van der Waals surface area contributed by atoms with Gasteiger partial charge in [-0.2, -0.15) is 0 Å². The van der Waals surface area contributed by atoms with Gasteiger partial charge in [0.25, 0.3) is 0 Å². The second-order valence-corrected chi connectivity index (χ2v) is 13.3. The number of fused-ring (bicyclic) bond motifs is 6. The summed E-state index contributed by atoms with van der Waals surface area (Å²) in [4.78, 5) is 11.2. The molecule has 0 aliphatic carbocycles. The molecule has 0 bridgehead atoms. The van der Waals surface area contributed by atoms with Crippen molar-refractivity contribution in [3.63, 3.8) is 0 Å². The van der Waals surface area contributed by atoms with Gasteiger partial charge in [0.15, 0.2) is 5.82 Å². The number of aromatic nitrogens is 3. The van der Waals surface area contributed by atoms with Gasteiger partial charge in [0, 0.05) is 43.1 Å². The van der Waals surface area contributed by atoms with Crippen LogP contribution < -0.4 is 0 Å². The van der Waals surface area contributed by atoms with E-state index in [-0.39, 0.29) is 0 Å². The number of hydrogen-bond donors (Lipinski definition) is 0. The third-order valence-corrected chi connectivity index (χ3v) is 10.4. The SMILES string of the molecule is C=C/C=C(\C=C)c1nc(-c2cccc(-c3cccc(-c4ccc5c(c4)c4ccccc4n5-c4ccccc4)c3)c2)nc2sc3ccccc3c12. The summed E-state index contributed by atoms with van der Waals surface area (Å²) in [5, 5.41) is 4.69. The average molecular weight is 658 g/mol. The third kappa shape index (κ3) is 4.97. The van der Waals surface area contributed by atoms with Crippen molar-refractivity contribution in [3.05, 3.63) is 183 Å². The number of rotatable bonds is 7. The minimum absolute atomic E-state index is 0.689. The van der Waals surface area contributed by atoms with E-state index in [0.29, 0.717) is 5.82 Å². The Kier molecular flexibility index (Phi) is 7.30. The van der Waals surface area contributed by atoms with Crippen LogP contribution in [0.5, 0.6) is 0 Å². The zero-order chi connectivity index (χ0) is 33.6. The summed E-state index contributed by atoms with van der Waals surface area (Å²) in [6, 6.07) is 51.8. The molecule has 3 heterocycles. The molecule has 6 aromatic carbocycles. The van der Waals surface area contributed by atoms with Gasteiger partial charge in [-0.3, -0.25) is 0 Å². The molecular weight excluding hydrogens is 627 g/mol. The maximum Gasteiger partial charge on any atom is 0.161 e. The minimum atomic E-state index is 0.689. The van der Waals surface area contributed by atoms with Crippen LogP contribution in [0.4, 0.5) is 0 Å². The summed E-state index contributed by atoms with van der Waals surface area (Å²) in [7, 11) is 0. The molecule has 3 nitrogen and oxygen atoms in total. The van der Waals surface area contributed by atoms with Gasteiger partial charge < -0.3 is 4.57 Å². The summed E-state index contributed by atoms with van der Waals surface area (Å²) in [6.07, 6.45) is 5.59. The highest BCUT2D eigenvalue weighted by Gasteiger charge is 2.18. The lowest BCUT2D eigenvalue weighted by molar-refractivity contribution is 1.18. The molecule has 4 heteroatoms. The summed E-state index contributed by atoms with van der Waals surface area (Å²) >= 11 is 1.69. The van der Waals surface area contributed by atoms with Crippen LogP contribution in [-0.4, -0.2) is 14.5 Å². The predicted molar refractivity (Wildman–Crippen MR) is 214 cm³/mol. The first-order valence-corrected chi connectivity index (χ1v) is 17.5. The maximum atomic E-state index is 5.17. The van der Waals surface area contributed by atoms with Crippen LogP contribution in [-0.2, 0) is 0 Å². The van der Waals surface area contributed by atoms with Crippen molar-refractivity contribution in [1.82, 2.24) is 14.5 Å². The molecule has 0 amide bonds. The molecule has 0 saturated carbocycles. The summed E-state index contributed by atoms with van der Waals surface area (Å²) in [5.74, 6) is 0.689. The molecule has 0 aliphatic heterocycles. The summed E-state index contributed by atoms with van der Waals surface area (Å²) < 4.78 is 3.54. The topological polar surface area (TPSA) is 30.7 Å². The number of thiophene rings is 1. The lowest BCUT2D eigenvalue weighted by Crippen LogP contribution is -1.96. The van der Waals surface area contributed by atoms with Crippen molar-refractivity contribution in [2.24, 2.45) is 0 Å². The number of para-hydroxylation sites is 2. The minimum Gasteiger partial charge on any atom is -0.309 e. The van der Waals surface area contributed by atoms with Gasteiger partial charge in [0.05, 0.1) is 16.7 Å². The van der Waals surface area contributed by atoms with Gasteiger partial charge in [-0.05, 0) is 70.8 Å². The predicted octanol–water partition coefficient (Wildman–Crippen LogP) is 12.7. The monoisotopic (exact) mass is 657 g/mol. The van der Waals surface area contributed by atoms with Gasteiger partial charge in [0.2, 0.25) is 0 Å². The van der Waals surface area contributed by atoms with Crippen molar-refractivity contribution >= 4 is 59.0 Å². The van der Waals surface area contributed by atoms with Gasteiger partial charge in [0.1, 0.15) is 4.83 Å². The molecule has 0 unspecified atom stereocenters. The standard InChI is InChI=1S/C46H31N3S/c1-3-14-30(4-2)44-43-38-22-9-11-24-42(38)50-46(43)48-45(47-44)35-18-13-17-33(28-35)31-15-12-16-32(27-31)34-25-26-41-39(29-34)37-21-8-10-23-40(37)49(41)36-19-6-5-7-20-36/h3-29H,1-2H2/b30-14+. The van der Waals surface area contributed by atoms with Crippen LogP contribution in [0.3, 0.4) is 0 Å². The smallest absolute Gasteiger partial charge is 0.161 e. The van der Waals surface area contributed by atoms with E-state index < -0.39 is 0 Å². The van der Waals surface area contributed by atoms with Crippen molar-refractivity contribution in [2.75, 3.05) is 0 Å². The fraction of sp³-hybridized carbons (Fsp3) is 0. The molecular formula is C46H31N3S. The Hall–Kier alpha value is -6.36. The average Bonchev–Trinajstić information content (AvgIpc) is 3.72. The first kappa shape index (κ1) is 29.8. The van der Waals surface area contributed by atoms with E-state index in [0.717, 1.165) is 49.2 Å². The molecule has 0 fully saturated rings. The number of hydrogen-bond acceptors (Lipinski definition) is 3. The van der Waals surface area contributed by atoms with Crippen molar-refractivity contribution < 1.29 is 0 Å². The van der Waals surface area contributed by atoms with Crippen molar-refractivity contribution in [1.29, 1.82) is 0 Å². The molecule has 3 aromatic heterocycles. The van der Waals surface area contributed by atoms with E-state index in [1.54, 1.807) is 17.4 Å². The second kappa shape index (κ2) is 12.3. The Bertz CT molecular complexity index is 2800. The summed E-state index contributed by atoms with van der Waals surface area (Å²) in [5.41, 5.74) is 10.9. The van der Waals surface area contributed by atoms with Crippen LogP contribution >= 0.6 is 11.3 Å². The van der Waals surface area contributed by atoms with E-state index in [1.807, 2.05) is 12.2 Å². The van der Waals surface area contributed by atoms with Crippen LogP contribution in [0.2, 0.25) is 0 Å². The van der Waals surface area contributed by atoms with E-state index in [2.05, 4.69) is 163 Å². The molecule has 0 N–H and O–H groups in total. The Balaban J connectivity index is 1.14. The molecule has 9 rings (SSSR count). The lowest BCUT2D eigenvalue weighted by atomic mass is 9.97. The van der Waals surface area contributed by atoms with Crippen LogP contribution in [0.15, 0.2) is 177 Å². The largest absolute Gasteiger partial charge is 0.309 e. The Labute approximate surface area is 294 Å². The van der Waals surface area contributed by atoms with Crippen LogP contribution in [0.1, 0.15) is 5.69 Å². The molecule has 236 valence electrons. The molecule has 50 heavy (non-hydrogen) atoms.